The van der Waals surface area contributed by atoms with E-state index in [2.05, 4.69) is 0 Å². The third-order valence-corrected chi connectivity index (χ3v) is 3.80. The number of carboxylic acids is 1. The number of aliphatic carboxylic acids is 1. The molecule has 9 heteroatoms. The predicted octanol–water partition coefficient (Wildman–Crippen LogP) is 3.33. The molecular weight excluding hydrogens is 368 g/mol. The number of ether oxygens (including phenoxy) is 2. The maximum Gasteiger partial charge on any atom is 0.323 e. The maximum absolute atomic E-state index is 12.9. The molecule has 0 atom stereocenters. The Balaban J connectivity index is 2.42. The number of hydrogen-bond donors (Lipinski definition) is 1. The first kappa shape index (κ1) is 20.7. The predicted molar refractivity (Wildman–Crippen MR) is 100.0 cm³/mol. The van der Waals surface area contributed by atoms with Crippen molar-refractivity contribution in [3.05, 3.63) is 58.1 Å². The summed E-state index contributed by atoms with van der Waals surface area (Å²) in [5.74, 6) is -0.736. The smallest absolute Gasteiger partial charge is 0.323 e. The number of non-ortho nitro benzene ring substituents is 1. The van der Waals surface area contributed by atoms with Gasteiger partial charge < -0.3 is 19.5 Å². The van der Waals surface area contributed by atoms with Crippen LogP contribution in [0, 0.1) is 10.1 Å². The zero-order chi connectivity index (χ0) is 20.7. The van der Waals surface area contributed by atoms with Crippen molar-refractivity contribution in [3.8, 4) is 17.2 Å². The molecular formula is C19H20N2O7. The van der Waals surface area contributed by atoms with Crippen molar-refractivity contribution in [1.82, 2.24) is 4.90 Å². The van der Waals surface area contributed by atoms with Gasteiger partial charge in [-0.25, -0.2) is 0 Å². The van der Waals surface area contributed by atoms with Crippen LogP contribution in [0.2, 0.25) is 0 Å². The summed E-state index contributed by atoms with van der Waals surface area (Å²) in [5, 5.41) is 20.2. The second-order valence-corrected chi connectivity index (χ2v) is 5.84. The van der Waals surface area contributed by atoms with Crippen molar-refractivity contribution in [3.63, 3.8) is 0 Å². The van der Waals surface area contributed by atoms with Crippen molar-refractivity contribution in [2.75, 3.05) is 20.2 Å². The molecule has 0 aliphatic carbocycles. The van der Waals surface area contributed by atoms with Gasteiger partial charge in [-0.3, -0.25) is 19.7 Å². The molecule has 0 heterocycles. The molecule has 0 bridgehead atoms. The SMILES string of the molecule is CCCN(CC(=O)O)C(=O)c1cc([N+](=O)[O-])ccc1Oc1ccc(OC)cc1. The molecule has 1 N–H and O–H groups in total. The highest BCUT2D eigenvalue weighted by Crippen LogP contribution is 2.30. The van der Waals surface area contributed by atoms with E-state index in [0.29, 0.717) is 17.9 Å². The summed E-state index contributed by atoms with van der Waals surface area (Å²) in [6.45, 7) is 1.47. The molecule has 0 aliphatic rings. The van der Waals surface area contributed by atoms with E-state index in [9.17, 15) is 19.7 Å². The van der Waals surface area contributed by atoms with Crippen molar-refractivity contribution in [1.29, 1.82) is 0 Å². The van der Waals surface area contributed by atoms with Crippen molar-refractivity contribution >= 4 is 17.6 Å². The Labute approximate surface area is 161 Å². The van der Waals surface area contributed by atoms with Gasteiger partial charge in [0.2, 0.25) is 0 Å². The number of nitro groups is 1. The summed E-state index contributed by atoms with van der Waals surface area (Å²) < 4.78 is 10.8. The van der Waals surface area contributed by atoms with E-state index in [1.165, 1.54) is 19.2 Å². The number of hydrogen-bond acceptors (Lipinski definition) is 6. The Morgan fingerprint density at radius 1 is 1.14 bits per heavy atom. The van der Waals surface area contributed by atoms with E-state index >= 15 is 0 Å². The van der Waals surface area contributed by atoms with Gasteiger partial charge >= 0.3 is 5.97 Å². The van der Waals surface area contributed by atoms with E-state index in [4.69, 9.17) is 14.6 Å². The molecule has 28 heavy (non-hydrogen) atoms. The molecule has 0 aromatic heterocycles. The third kappa shape index (κ3) is 5.19. The Morgan fingerprint density at radius 3 is 2.32 bits per heavy atom. The fraction of sp³-hybridized carbons (Fsp3) is 0.263. The van der Waals surface area contributed by atoms with Gasteiger partial charge in [0.15, 0.2) is 0 Å². The second kappa shape index (κ2) is 9.36. The second-order valence-electron chi connectivity index (χ2n) is 5.84. The van der Waals surface area contributed by atoms with Gasteiger partial charge in [0.1, 0.15) is 23.8 Å². The minimum absolute atomic E-state index is 0.0836. The molecule has 2 aromatic rings. The van der Waals surface area contributed by atoms with Gasteiger partial charge in [-0.1, -0.05) is 6.92 Å². The maximum atomic E-state index is 12.9. The van der Waals surface area contributed by atoms with E-state index in [1.807, 2.05) is 0 Å². The fourth-order valence-corrected chi connectivity index (χ4v) is 2.51. The number of nitrogens with zero attached hydrogens (tertiary/aromatic N) is 2. The number of carbonyl (C=O) groups excluding carboxylic acids is 1. The number of amides is 1. The van der Waals surface area contributed by atoms with E-state index < -0.39 is 23.3 Å². The Morgan fingerprint density at radius 2 is 1.79 bits per heavy atom. The molecule has 0 aliphatic heterocycles. The van der Waals surface area contributed by atoms with Crippen LogP contribution in [0.3, 0.4) is 0 Å². The van der Waals surface area contributed by atoms with Crippen LogP contribution in [0.25, 0.3) is 0 Å². The highest BCUT2D eigenvalue weighted by atomic mass is 16.6. The van der Waals surface area contributed by atoms with Gasteiger partial charge in [0.25, 0.3) is 11.6 Å². The lowest BCUT2D eigenvalue weighted by Gasteiger charge is -2.21. The molecule has 0 spiro atoms. The van der Waals surface area contributed by atoms with Crippen LogP contribution in [-0.4, -0.2) is 47.0 Å². The zero-order valence-corrected chi connectivity index (χ0v) is 15.5. The van der Waals surface area contributed by atoms with Gasteiger partial charge in [-0.05, 0) is 36.8 Å². The van der Waals surface area contributed by atoms with Crippen LogP contribution in [-0.2, 0) is 4.79 Å². The lowest BCUT2D eigenvalue weighted by atomic mass is 10.1. The number of benzene rings is 2. The lowest BCUT2D eigenvalue weighted by Crippen LogP contribution is -2.36. The van der Waals surface area contributed by atoms with E-state index in [0.717, 1.165) is 11.0 Å². The summed E-state index contributed by atoms with van der Waals surface area (Å²) in [4.78, 5) is 35.6. The van der Waals surface area contributed by atoms with Crippen molar-refractivity contribution in [2.24, 2.45) is 0 Å². The summed E-state index contributed by atoms with van der Waals surface area (Å²) in [6, 6.07) is 10.2. The third-order valence-electron chi connectivity index (χ3n) is 3.80. The summed E-state index contributed by atoms with van der Waals surface area (Å²) in [7, 11) is 1.52. The first-order valence-electron chi connectivity index (χ1n) is 8.47. The van der Waals surface area contributed by atoms with Crippen LogP contribution in [0.4, 0.5) is 5.69 Å². The summed E-state index contributed by atoms with van der Waals surface area (Å²) >= 11 is 0. The van der Waals surface area contributed by atoms with Crippen molar-refractivity contribution < 1.29 is 29.1 Å². The summed E-state index contributed by atoms with van der Waals surface area (Å²) in [5.41, 5.74) is -0.378. The minimum Gasteiger partial charge on any atom is -0.497 e. The zero-order valence-electron chi connectivity index (χ0n) is 15.5. The van der Waals surface area contributed by atoms with E-state index in [-0.39, 0.29) is 23.5 Å². The Kier molecular flexibility index (Phi) is 6.91. The van der Waals surface area contributed by atoms with Gasteiger partial charge in [0, 0.05) is 18.7 Å². The number of methoxy groups -OCH3 is 1. The van der Waals surface area contributed by atoms with Gasteiger partial charge in [-0.15, -0.1) is 0 Å². The van der Waals surface area contributed by atoms with Crippen molar-refractivity contribution in [2.45, 2.75) is 13.3 Å². The number of carbonyl (C=O) groups is 2. The number of rotatable bonds is 9. The topological polar surface area (TPSA) is 119 Å². The highest BCUT2D eigenvalue weighted by molar-refractivity contribution is 5.99. The minimum atomic E-state index is -1.18. The van der Waals surface area contributed by atoms with Crippen LogP contribution < -0.4 is 9.47 Å². The average molecular weight is 388 g/mol. The van der Waals surface area contributed by atoms with Crippen LogP contribution >= 0.6 is 0 Å². The fourth-order valence-electron chi connectivity index (χ4n) is 2.51. The molecule has 0 fully saturated rings. The van der Waals surface area contributed by atoms with Crippen LogP contribution in [0.1, 0.15) is 23.7 Å². The molecule has 148 valence electrons. The molecule has 9 nitrogen and oxygen atoms in total. The number of nitro benzene ring substituents is 1. The van der Waals surface area contributed by atoms with Crippen LogP contribution in [0.15, 0.2) is 42.5 Å². The highest BCUT2D eigenvalue weighted by Gasteiger charge is 2.24. The lowest BCUT2D eigenvalue weighted by molar-refractivity contribution is -0.384. The molecule has 2 aromatic carbocycles. The normalized spacial score (nSPS) is 10.2. The van der Waals surface area contributed by atoms with Gasteiger partial charge in [-0.2, -0.15) is 0 Å². The first-order chi connectivity index (χ1) is 13.3. The largest absolute Gasteiger partial charge is 0.497 e. The molecule has 0 radical (unpaired) electrons. The number of carboxylic acid groups (broad SMARTS) is 1. The first-order valence-corrected chi connectivity index (χ1v) is 8.47. The molecule has 0 saturated heterocycles. The average Bonchev–Trinajstić information content (AvgIpc) is 2.67. The summed E-state index contributed by atoms with van der Waals surface area (Å²) in [6.07, 6.45) is 0.530. The molecule has 0 saturated carbocycles. The molecule has 2 rings (SSSR count). The molecule has 0 unspecified atom stereocenters. The monoisotopic (exact) mass is 388 g/mol. The van der Waals surface area contributed by atoms with E-state index in [1.54, 1.807) is 31.2 Å². The quantitative estimate of drug-likeness (QED) is 0.517. The molecule has 1 amide bonds. The Bertz CT molecular complexity index is 865. The van der Waals surface area contributed by atoms with Gasteiger partial charge in [0.05, 0.1) is 17.6 Å². The Hall–Kier alpha value is -3.62. The van der Waals surface area contributed by atoms with Crippen LogP contribution in [0.5, 0.6) is 17.2 Å². The standard InChI is InChI=1S/C19H20N2O7/c1-3-10-20(12-18(22)23)19(24)16-11-13(21(25)26)4-9-17(16)28-15-7-5-14(27-2)6-8-15/h4-9,11H,3,10,12H2,1-2H3,(H,22,23).